The molecule has 0 amide bonds. The Morgan fingerprint density at radius 2 is 2.11 bits per heavy atom. The van der Waals surface area contributed by atoms with Crippen LogP contribution in [0, 0.1) is 0 Å². The van der Waals surface area contributed by atoms with Gasteiger partial charge in [-0.2, -0.15) is 0 Å². The van der Waals surface area contributed by atoms with Crippen molar-refractivity contribution in [3.8, 4) is 0 Å². The third-order valence-corrected chi connectivity index (χ3v) is 6.20. The van der Waals surface area contributed by atoms with Gasteiger partial charge in [-0.05, 0) is 37.6 Å². The highest BCUT2D eigenvalue weighted by molar-refractivity contribution is 6.79. The Morgan fingerprint density at radius 3 is 2.79 bits per heavy atom. The molecule has 0 aromatic carbocycles. The average molecular weight is 280 g/mol. The van der Waals surface area contributed by atoms with Crippen molar-refractivity contribution in [1.29, 1.82) is 0 Å². The molecule has 106 valence electrons. The van der Waals surface area contributed by atoms with Crippen molar-refractivity contribution in [2.45, 2.75) is 44.8 Å². The zero-order chi connectivity index (χ0) is 13.7. The molecule has 2 heterocycles. The minimum absolute atomic E-state index is 0.146. The molecule has 19 heavy (non-hydrogen) atoms. The van der Waals surface area contributed by atoms with Crippen molar-refractivity contribution < 1.29 is 13.9 Å². The van der Waals surface area contributed by atoms with Gasteiger partial charge in [0, 0.05) is 0 Å². The van der Waals surface area contributed by atoms with Crippen molar-refractivity contribution in [2.75, 3.05) is 13.2 Å². The number of hydrogen-bond acceptors (Lipinski definition) is 3. The summed E-state index contributed by atoms with van der Waals surface area (Å²) in [7, 11) is -1.80. The lowest BCUT2D eigenvalue weighted by atomic mass is 10.1. The summed E-state index contributed by atoms with van der Waals surface area (Å²) in [6.45, 7) is 9.51. The molecule has 0 N–H and O–H groups in total. The average Bonchev–Trinajstić information content (AvgIpc) is 2.96. The van der Waals surface area contributed by atoms with Crippen LogP contribution in [0.2, 0.25) is 13.1 Å². The maximum atomic E-state index is 6.22. The summed E-state index contributed by atoms with van der Waals surface area (Å²) in [4.78, 5) is 0. The van der Waals surface area contributed by atoms with Crippen LogP contribution >= 0.6 is 0 Å². The molecule has 0 spiro atoms. The van der Waals surface area contributed by atoms with Gasteiger partial charge in [0.15, 0.2) is 6.29 Å². The Kier molecular flexibility index (Phi) is 5.16. The second kappa shape index (κ2) is 6.66. The fourth-order valence-corrected chi connectivity index (χ4v) is 4.95. The van der Waals surface area contributed by atoms with E-state index in [9.17, 15) is 0 Å². The third-order valence-electron chi connectivity index (χ3n) is 3.51. The van der Waals surface area contributed by atoms with Crippen LogP contribution in [0.5, 0.6) is 0 Å². The molecule has 2 rings (SSSR count). The standard InChI is InChI=1S/C15H24O3Si/c1-4-5-6-7-8-9-13-12-14(19(2,3)18-13)15-16-10-11-17-15/h4-6,12-13,15H,1,7-11H2,2-3H3/b6-5+. The van der Waals surface area contributed by atoms with E-state index in [1.807, 2.05) is 12.2 Å². The normalized spacial score (nSPS) is 27.1. The summed E-state index contributed by atoms with van der Waals surface area (Å²) >= 11 is 0. The van der Waals surface area contributed by atoms with E-state index in [1.54, 1.807) is 0 Å². The van der Waals surface area contributed by atoms with Crippen LogP contribution in [0.4, 0.5) is 0 Å². The van der Waals surface area contributed by atoms with Gasteiger partial charge in [-0.3, -0.25) is 0 Å². The van der Waals surface area contributed by atoms with Gasteiger partial charge >= 0.3 is 0 Å². The van der Waals surface area contributed by atoms with Gasteiger partial charge in [-0.1, -0.05) is 30.9 Å². The number of ether oxygens (including phenoxy) is 2. The van der Waals surface area contributed by atoms with E-state index in [-0.39, 0.29) is 12.4 Å². The summed E-state index contributed by atoms with van der Waals surface area (Å²) in [5.74, 6) is 0. The van der Waals surface area contributed by atoms with Crippen molar-refractivity contribution in [3.05, 3.63) is 36.1 Å². The van der Waals surface area contributed by atoms with E-state index < -0.39 is 8.32 Å². The van der Waals surface area contributed by atoms with Crippen LogP contribution in [0.1, 0.15) is 19.3 Å². The van der Waals surface area contributed by atoms with Crippen LogP contribution in [0.25, 0.3) is 0 Å². The number of unbranched alkanes of at least 4 members (excludes halogenated alkanes) is 1. The maximum absolute atomic E-state index is 6.22. The molecule has 0 aromatic heterocycles. The van der Waals surface area contributed by atoms with Crippen LogP contribution in [-0.4, -0.2) is 33.9 Å². The highest BCUT2D eigenvalue weighted by atomic mass is 28.4. The number of rotatable bonds is 6. The third kappa shape index (κ3) is 3.89. The highest BCUT2D eigenvalue weighted by Crippen LogP contribution is 2.33. The summed E-state index contributed by atoms with van der Waals surface area (Å²) in [5.41, 5.74) is 0. The first-order valence-electron chi connectivity index (χ1n) is 7.04. The quantitative estimate of drug-likeness (QED) is 0.424. The second-order valence-corrected chi connectivity index (χ2v) is 9.29. The van der Waals surface area contributed by atoms with Gasteiger partial charge in [0.1, 0.15) is 0 Å². The molecule has 0 bridgehead atoms. The van der Waals surface area contributed by atoms with E-state index >= 15 is 0 Å². The lowest BCUT2D eigenvalue weighted by molar-refractivity contribution is -0.00663. The predicted molar refractivity (Wildman–Crippen MR) is 79.3 cm³/mol. The molecule has 2 aliphatic heterocycles. The number of allylic oxidation sites excluding steroid dienone is 3. The largest absolute Gasteiger partial charge is 0.407 e. The van der Waals surface area contributed by atoms with Gasteiger partial charge in [0.05, 0.1) is 19.3 Å². The van der Waals surface area contributed by atoms with Crippen LogP contribution < -0.4 is 0 Å². The SMILES string of the molecule is C=C/C=C/CCCC1C=C(C2OCCO2)[Si](C)(C)O1. The van der Waals surface area contributed by atoms with Gasteiger partial charge in [0.25, 0.3) is 0 Å². The molecule has 0 saturated carbocycles. The van der Waals surface area contributed by atoms with Crippen molar-refractivity contribution >= 4 is 8.32 Å². The van der Waals surface area contributed by atoms with E-state index in [1.165, 1.54) is 5.20 Å². The molecule has 4 heteroatoms. The van der Waals surface area contributed by atoms with Gasteiger partial charge < -0.3 is 13.9 Å². The fraction of sp³-hybridized carbons (Fsp3) is 0.600. The van der Waals surface area contributed by atoms with Gasteiger partial charge in [-0.15, -0.1) is 0 Å². The summed E-state index contributed by atoms with van der Waals surface area (Å²) in [5, 5.41) is 1.27. The predicted octanol–water partition coefficient (Wildman–Crippen LogP) is 3.34. The fourth-order valence-electron chi connectivity index (χ4n) is 2.55. The van der Waals surface area contributed by atoms with Crippen LogP contribution in [0.3, 0.4) is 0 Å². The van der Waals surface area contributed by atoms with E-state index in [0.717, 1.165) is 19.3 Å². The first-order valence-corrected chi connectivity index (χ1v) is 9.95. The topological polar surface area (TPSA) is 27.7 Å². The first-order chi connectivity index (χ1) is 9.13. The van der Waals surface area contributed by atoms with Gasteiger partial charge in [0.2, 0.25) is 8.32 Å². The van der Waals surface area contributed by atoms with E-state index in [0.29, 0.717) is 13.2 Å². The van der Waals surface area contributed by atoms with Crippen molar-refractivity contribution in [2.24, 2.45) is 0 Å². The minimum atomic E-state index is -1.80. The monoisotopic (exact) mass is 280 g/mol. The molecule has 1 fully saturated rings. The Morgan fingerprint density at radius 1 is 1.37 bits per heavy atom. The molecule has 3 nitrogen and oxygen atoms in total. The van der Waals surface area contributed by atoms with E-state index in [4.69, 9.17) is 13.9 Å². The van der Waals surface area contributed by atoms with Crippen LogP contribution in [0.15, 0.2) is 36.1 Å². The summed E-state index contributed by atoms with van der Waals surface area (Å²) < 4.78 is 17.5. The molecule has 1 saturated heterocycles. The zero-order valence-electron chi connectivity index (χ0n) is 11.9. The maximum Gasteiger partial charge on any atom is 0.219 e. The van der Waals surface area contributed by atoms with Crippen molar-refractivity contribution in [3.63, 3.8) is 0 Å². The summed E-state index contributed by atoms with van der Waals surface area (Å²) in [6, 6.07) is 0. The molecule has 0 aromatic rings. The Bertz CT molecular complexity index is 368. The highest BCUT2D eigenvalue weighted by Gasteiger charge is 2.42. The second-order valence-electron chi connectivity index (χ2n) is 5.46. The van der Waals surface area contributed by atoms with Gasteiger partial charge in [-0.25, -0.2) is 0 Å². The lowest BCUT2D eigenvalue weighted by Gasteiger charge is -2.23. The molecular formula is C15H24O3Si. The zero-order valence-corrected chi connectivity index (χ0v) is 12.9. The molecule has 1 atom stereocenters. The number of hydrogen-bond donors (Lipinski definition) is 0. The van der Waals surface area contributed by atoms with Crippen molar-refractivity contribution in [1.82, 2.24) is 0 Å². The Labute approximate surface area is 117 Å². The molecule has 0 aliphatic carbocycles. The minimum Gasteiger partial charge on any atom is -0.407 e. The first kappa shape index (κ1) is 14.7. The Balaban J connectivity index is 1.86. The van der Waals surface area contributed by atoms with Crippen LogP contribution in [-0.2, 0) is 13.9 Å². The molecule has 1 unspecified atom stereocenters. The van der Waals surface area contributed by atoms with E-state index in [2.05, 4.69) is 31.8 Å². The molecular weight excluding hydrogens is 256 g/mol. The lowest BCUT2D eigenvalue weighted by Crippen LogP contribution is -2.36. The summed E-state index contributed by atoms with van der Waals surface area (Å²) in [6.07, 6.45) is 11.6. The Hall–Kier alpha value is -0.683. The smallest absolute Gasteiger partial charge is 0.219 e. The molecule has 2 aliphatic rings. The molecule has 0 radical (unpaired) electrons.